The van der Waals surface area contributed by atoms with Crippen molar-refractivity contribution in [3.63, 3.8) is 0 Å². The van der Waals surface area contributed by atoms with Crippen LogP contribution in [-0.4, -0.2) is 34.9 Å². The van der Waals surface area contributed by atoms with E-state index < -0.39 is 4.92 Å². The van der Waals surface area contributed by atoms with Crippen LogP contribution in [0.15, 0.2) is 18.2 Å². The van der Waals surface area contributed by atoms with Gasteiger partial charge in [0.2, 0.25) is 0 Å². The van der Waals surface area contributed by atoms with Crippen LogP contribution >= 0.6 is 11.6 Å². The first-order valence-electron chi connectivity index (χ1n) is 6.92. The highest BCUT2D eigenvalue weighted by Gasteiger charge is 2.29. The molecule has 1 aliphatic rings. The van der Waals surface area contributed by atoms with E-state index in [1.165, 1.54) is 18.2 Å². The zero-order valence-corrected chi connectivity index (χ0v) is 12.5. The van der Waals surface area contributed by atoms with Crippen LogP contribution in [0.1, 0.15) is 30.1 Å². The number of hydrogen-bond donors (Lipinski definition) is 1. The number of hydrogen-bond acceptors (Lipinski definition) is 4. The lowest BCUT2D eigenvalue weighted by atomic mass is 9.90. The number of amides is 1. The maximum Gasteiger partial charge on any atom is 0.271 e. The Bertz CT molecular complexity index is 564. The average molecular weight is 312 g/mol. The van der Waals surface area contributed by atoms with Gasteiger partial charge in [0.05, 0.1) is 4.92 Å². The molecule has 2 N–H and O–H groups in total. The summed E-state index contributed by atoms with van der Waals surface area (Å²) < 4.78 is 0. The molecule has 1 heterocycles. The van der Waals surface area contributed by atoms with Crippen LogP contribution in [0.3, 0.4) is 0 Å². The van der Waals surface area contributed by atoms with Crippen LogP contribution in [0.2, 0.25) is 5.02 Å². The molecule has 1 fully saturated rings. The third-order valence-electron chi connectivity index (χ3n) is 3.94. The quantitative estimate of drug-likeness (QED) is 0.686. The summed E-state index contributed by atoms with van der Waals surface area (Å²) in [5, 5.41) is 11.0. The number of likely N-dealkylation sites (tertiary alicyclic amines) is 1. The van der Waals surface area contributed by atoms with E-state index in [1.54, 1.807) is 4.90 Å². The molecule has 1 amide bonds. The van der Waals surface area contributed by atoms with E-state index in [9.17, 15) is 14.9 Å². The molecule has 1 aliphatic heterocycles. The minimum absolute atomic E-state index is 0.104. The fraction of sp³-hybridized carbons (Fsp3) is 0.500. The van der Waals surface area contributed by atoms with Gasteiger partial charge in [0.25, 0.3) is 11.6 Å². The molecule has 0 aromatic heterocycles. The highest BCUT2D eigenvalue weighted by Crippen LogP contribution is 2.24. The molecule has 2 rings (SSSR count). The van der Waals surface area contributed by atoms with Crippen molar-refractivity contribution < 1.29 is 9.72 Å². The Kier molecular flexibility index (Phi) is 4.80. The molecule has 0 spiro atoms. The first-order valence-corrected chi connectivity index (χ1v) is 7.30. The van der Waals surface area contributed by atoms with Crippen molar-refractivity contribution in [3.8, 4) is 0 Å². The van der Waals surface area contributed by atoms with Crippen molar-refractivity contribution in [2.75, 3.05) is 13.1 Å². The number of rotatable bonds is 3. The average Bonchev–Trinajstić information content (AvgIpc) is 2.46. The molecule has 1 aromatic rings. The summed E-state index contributed by atoms with van der Waals surface area (Å²) >= 11 is 5.86. The van der Waals surface area contributed by atoms with Crippen LogP contribution in [0, 0.1) is 16.0 Å². The third kappa shape index (κ3) is 3.51. The molecule has 21 heavy (non-hydrogen) atoms. The summed E-state index contributed by atoms with van der Waals surface area (Å²) in [7, 11) is 0. The molecule has 0 radical (unpaired) electrons. The predicted molar refractivity (Wildman–Crippen MR) is 80.4 cm³/mol. The highest BCUT2D eigenvalue weighted by molar-refractivity contribution is 6.31. The van der Waals surface area contributed by atoms with Crippen molar-refractivity contribution in [1.29, 1.82) is 0 Å². The van der Waals surface area contributed by atoms with Gasteiger partial charge in [-0.05, 0) is 18.4 Å². The topological polar surface area (TPSA) is 89.5 Å². The summed E-state index contributed by atoms with van der Waals surface area (Å²) in [6, 6.07) is 4.07. The molecule has 2 atom stereocenters. The van der Waals surface area contributed by atoms with Gasteiger partial charge in [-0.15, -0.1) is 0 Å². The second-order valence-electron chi connectivity index (χ2n) is 5.33. The van der Waals surface area contributed by atoms with Gasteiger partial charge in [-0.25, -0.2) is 0 Å². The summed E-state index contributed by atoms with van der Waals surface area (Å²) in [5.74, 6) is 0.0304. The SMILES string of the molecule is CCC1CN(C(=O)c2cc(Cl)cc([N+](=O)[O-])c2)CCC1N. The van der Waals surface area contributed by atoms with E-state index >= 15 is 0 Å². The first kappa shape index (κ1) is 15.7. The van der Waals surface area contributed by atoms with Crippen molar-refractivity contribution >= 4 is 23.2 Å². The Morgan fingerprint density at radius 3 is 2.86 bits per heavy atom. The Labute approximate surface area is 128 Å². The molecule has 114 valence electrons. The lowest BCUT2D eigenvalue weighted by Gasteiger charge is -2.36. The van der Waals surface area contributed by atoms with Crippen molar-refractivity contribution in [2.24, 2.45) is 11.7 Å². The number of carbonyl (C=O) groups excluding carboxylic acids is 1. The number of nitro benzene ring substituents is 1. The molecule has 2 unspecified atom stereocenters. The third-order valence-corrected chi connectivity index (χ3v) is 4.16. The second kappa shape index (κ2) is 6.41. The van der Waals surface area contributed by atoms with E-state index in [1.807, 2.05) is 6.92 Å². The van der Waals surface area contributed by atoms with E-state index in [0.29, 0.717) is 13.1 Å². The lowest BCUT2D eigenvalue weighted by molar-refractivity contribution is -0.384. The normalized spacial score (nSPS) is 22.1. The maximum absolute atomic E-state index is 12.5. The van der Waals surface area contributed by atoms with Crippen LogP contribution in [-0.2, 0) is 0 Å². The van der Waals surface area contributed by atoms with E-state index in [-0.39, 0.29) is 34.1 Å². The van der Waals surface area contributed by atoms with E-state index in [4.69, 9.17) is 17.3 Å². The number of nitrogens with two attached hydrogens (primary N) is 1. The minimum Gasteiger partial charge on any atom is -0.338 e. The van der Waals surface area contributed by atoms with E-state index in [0.717, 1.165) is 12.8 Å². The zero-order valence-electron chi connectivity index (χ0n) is 11.8. The van der Waals surface area contributed by atoms with E-state index in [2.05, 4.69) is 0 Å². The molecule has 1 aromatic carbocycles. The number of halogens is 1. The largest absolute Gasteiger partial charge is 0.338 e. The first-order chi connectivity index (χ1) is 9.92. The fourth-order valence-corrected chi connectivity index (χ4v) is 2.88. The minimum atomic E-state index is -0.552. The summed E-state index contributed by atoms with van der Waals surface area (Å²) in [6.45, 7) is 3.19. The van der Waals surface area contributed by atoms with Crippen molar-refractivity contribution in [3.05, 3.63) is 38.9 Å². The number of piperidine rings is 1. The van der Waals surface area contributed by atoms with Crippen LogP contribution < -0.4 is 5.73 Å². The maximum atomic E-state index is 12.5. The molecular weight excluding hydrogens is 294 g/mol. The number of non-ortho nitro benzene ring substituents is 1. The van der Waals surface area contributed by atoms with Gasteiger partial charge in [0.1, 0.15) is 0 Å². The van der Waals surface area contributed by atoms with Gasteiger partial charge in [0.15, 0.2) is 0 Å². The monoisotopic (exact) mass is 311 g/mol. The van der Waals surface area contributed by atoms with Crippen LogP contribution in [0.5, 0.6) is 0 Å². The number of nitro groups is 1. The molecule has 7 heteroatoms. The van der Waals surface area contributed by atoms with Gasteiger partial charge < -0.3 is 10.6 Å². The highest BCUT2D eigenvalue weighted by atomic mass is 35.5. The Morgan fingerprint density at radius 1 is 1.52 bits per heavy atom. The summed E-state index contributed by atoms with van der Waals surface area (Å²) in [4.78, 5) is 24.5. The standard InChI is InChI=1S/C14H18ClN3O3/c1-2-9-8-17(4-3-13(9)16)14(19)10-5-11(15)7-12(6-10)18(20)21/h5-7,9,13H,2-4,8,16H2,1H3. The predicted octanol–water partition coefficient (Wildman–Crippen LogP) is 2.45. The number of nitrogens with zero attached hydrogens (tertiary/aromatic N) is 2. The molecule has 0 aliphatic carbocycles. The molecular formula is C14H18ClN3O3. The van der Waals surface area contributed by atoms with Gasteiger partial charge in [-0.2, -0.15) is 0 Å². The Balaban J connectivity index is 2.22. The molecule has 0 saturated carbocycles. The van der Waals surface area contributed by atoms with Crippen LogP contribution in [0.25, 0.3) is 0 Å². The number of benzene rings is 1. The van der Waals surface area contributed by atoms with Gasteiger partial charge in [-0.1, -0.05) is 24.9 Å². The van der Waals surface area contributed by atoms with Crippen molar-refractivity contribution in [2.45, 2.75) is 25.8 Å². The summed E-state index contributed by atoms with van der Waals surface area (Å²) in [5.41, 5.74) is 6.11. The Hall–Kier alpha value is -1.66. The summed E-state index contributed by atoms with van der Waals surface area (Å²) in [6.07, 6.45) is 1.65. The van der Waals surface area contributed by atoms with Crippen molar-refractivity contribution in [1.82, 2.24) is 4.90 Å². The van der Waals surface area contributed by atoms with Crippen LogP contribution in [0.4, 0.5) is 5.69 Å². The zero-order chi connectivity index (χ0) is 15.6. The van der Waals surface area contributed by atoms with Gasteiger partial charge in [0, 0.05) is 41.9 Å². The molecule has 1 saturated heterocycles. The number of carbonyl (C=O) groups is 1. The fourth-order valence-electron chi connectivity index (χ4n) is 2.65. The molecule has 0 bridgehead atoms. The molecule has 6 nitrogen and oxygen atoms in total. The lowest BCUT2D eigenvalue weighted by Crippen LogP contribution is -2.49. The van der Waals surface area contributed by atoms with Gasteiger partial charge in [-0.3, -0.25) is 14.9 Å². The van der Waals surface area contributed by atoms with Gasteiger partial charge >= 0.3 is 0 Å². The Morgan fingerprint density at radius 2 is 2.24 bits per heavy atom. The second-order valence-corrected chi connectivity index (χ2v) is 5.76. The smallest absolute Gasteiger partial charge is 0.271 e.